The Kier molecular flexibility index (Phi) is 5.65. The van der Waals surface area contributed by atoms with Crippen LogP contribution in [-0.2, 0) is 4.79 Å². The summed E-state index contributed by atoms with van der Waals surface area (Å²) in [5, 5.41) is -0.308. The Hall–Kier alpha value is -0.820. The lowest BCUT2D eigenvalue weighted by atomic mass is 10.2. The van der Waals surface area contributed by atoms with E-state index >= 15 is 0 Å². The first kappa shape index (κ1) is 15.6. The van der Waals surface area contributed by atoms with E-state index in [2.05, 4.69) is 0 Å². The zero-order valence-corrected chi connectivity index (χ0v) is 12.2. The van der Waals surface area contributed by atoms with Crippen LogP contribution in [0.2, 0.25) is 0 Å². The van der Waals surface area contributed by atoms with Crippen molar-refractivity contribution >= 4 is 35.1 Å². The van der Waals surface area contributed by atoms with Gasteiger partial charge in [0.15, 0.2) is 0 Å². The number of benzene rings is 1. The van der Waals surface area contributed by atoms with Crippen LogP contribution < -0.4 is 4.90 Å². The number of anilines is 1. The number of alkyl halides is 2. The largest absolute Gasteiger partial charge is 0.306 e. The number of carbonyl (C=O) groups excluding carboxylic acids is 1. The van der Waals surface area contributed by atoms with Crippen molar-refractivity contribution in [2.45, 2.75) is 11.7 Å². The number of halogens is 3. The molecule has 0 aliphatic carbocycles. The molecule has 0 radical (unpaired) electrons. The lowest BCUT2D eigenvalue weighted by molar-refractivity contribution is -0.118. The highest BCUT2D eigenvalue weighted by Crippen LogP contribution is 2.28. The van der Waals surface area contributed by atoms with Crippen LogP contribution in [0.15, 0.2) is 24.3 Å². The fourth-order valence-electron chi connectivity index (χ4n) is 1.89. The van der Waals surface area contributed by atoms with Gasteiger partial charge in [-0.05, 0) is 24.3 Å². The first-order valence-corrected chi connectivity index (χ1v) is 8.32. The standard InChI is InChI=1S/C13H14F3NOS2/c14-9-1-3-10(4-2-9)17(7-12(15)16)13(18)11-8-19-5-6-20-11/h1-4,11-12H,5-8H2/t11-/m1/s1. The average molecular weight is 321 g/mol. The van der Waals surface area contributed by atoms with Crippen LogP contribution >= 0.6 is 23.5 Å². The van der Waals surface area contributed by atoms with Crippen molar-refractivity contribution < 1.29 is 18.0 Å². The first-order valence-electron chi connectivity index (χ1n) is 6.12. The van der Waals surface area contributed by atoms with Crippen LogP contribution in [0.4, 0.5) is 18.9 Å². The summed E-state index contributed by atoms with van der Waals surface area (Å²) in [7, 11) is 0. The third-order valence-electron chi connectivity index (χ3n) is 2.82. The molecule has 7 heteroatoms. The van der Waals surface area contributed by atoms with E-state index in [0.717, 1.165) is 16.4 Å². The van der Waals surface area contributed by atoms with E-state index in [9.17, 15) is 18.0 Å². The summed E-state index contributed by atoms with van der Waals surface area (Å²) >= 11 is 3.14. The molecule has 0 saturated carbocycles. The van der Waals surface area contributed by atoms with Crippen molar-refractivity contribution in [1.29, 1.82) is 0 Å². The van der Waals surface area contributed by atoms with Gasteiger partial charge in [0, 0.05) is 22.9 Å². The average Bonchev–Trinajstić information content (AvgIpc) is 2.46. The summed E-state index contributed by atoms with van der Waals surface area (Å²) in [6, 6.07) is 5.06. The molecule has 2 rings (SSSR count). The molecule has 0 N–H and O–H groups in total. The van der Waals surface area contributed by atoms with Crippen molar-refractivity contribution in [2.24, 2.45) is 0 Å². The van der Waals surface area contributed by atoms with Crippen molar-refractivity contribution in [1.82, 2.24) is 0 Å². The Labute approximate surface area is 124 Å². The number of nitrogens with zero attached hydrogens (tertiary/aromatic N) is 1. The molecule has 1 saturated heterocycles. The smallest absolute Gasteiger partial charge is 0.256 e. The molecule has 2 nitrogen and oxygen atoms in total. The monoisotopic (exact) mass is 321 g/mol. The molecule has 1 aliphatic heterocycles. The minimum atomic E-state index is -2.62. The highest BCUT2D eigenvalue weighted by molar-refractivity contribution is 8.07. The molecule has 1 aliphatic rings. The topological polar surface area (TPSA) is 20.3 Å². The third-order valence-corrected chi connectivity index (χ3v) is 5.56. The van der Waals surface area contributed by atoms with Gasteiger partial charge < -0.3 is 4.90 Å². The second-order valence-corrected chi connectivity index (χ2v) is 6.71. The van der Waals surface area contributed by atoms with Crippen LogP contribution in [0.3, 0.4) is 0 Å². The van der Waals surface area contributed by atoms with E-state index in [0.29, 0.717) is 11.4 Å². The van der Waals surface area contributed by atoms with Gasteiger partial charge in [0.05, 0.1) is 11.8 Å². The SMILES string of the molecule is O=C([C@H]1CSCCS1)N(CC(F)F)c1ccc(F)cc1. The van der Waals surface area contributed by atoms with Gasteiger partial charge in [0.2, 0.25) is 5.91 Å². The fraction of sp³-hybridized carbons (Fsp3) is 0.462. The molecule has 1 atom stereocenters. The molecule has 0 spiro atoms. The van der Waals surface area contributed by atoms with Crippen molar-refractivity contribution in [3.63, 3.8) is 0 Å². The van der Waals surface area contributed by atoms with Crippen LogP contribution in [0, 0.1) is 5.82 Å². The first-order chi connectivity index (χ1) is 9.58. The zero-order chi connectivity index (χ0) is 14.5. The molecule has 1 aromatic carbocycles. The number of amides is 1. The van der Waals surface area contributed by atoms with E-state index in [1.54, 1.807) is 11.8 Å². The lowest BCUT2D eigenvalue weighted by Gasteiger charge is -2.28. The van der Waals surface area contributed by atoms with E-state index < -0.39 is 18.8 Å². The van der Waals surface area contributed by atoms with E-state index in [-0.39, 0.29) is 11.2 Å². The van der Waals surface area contributed by atoms with Gasteiger partial charge in [0.25, 0.3) is 6.43 Å². The van der Waals surface area contributed by atoms with Crippen LogP contribution in [0.5, 0.6) is 0 Å². The van der Waals surface area contributed by atoms with Crippen molar-refractivity contribution in [2.75, 3.05) is 28.7 Å². The second kappa shape index (κ2) is 7.26. The normalized spacial score (nSPS) is 19.1. The summed E-state index contributed by atoms with van der Waals surface area (Å²) in [4.78, 5) is 13.4. The zero-order valence-electron chi connectivity index (χ0n) is 10.6. The minimum absolute atomic E-state index is 0.308. The fourth-order valence-corrected chi connectivity index (χ4v) is 4.49. The summed E-state index contributed by atoms with van der Waals surface area (Å²) in [6.45, 7) is -0.661. The number of hydrogen-bond donors (Lipinski definition) is 0. The Balaban J connectivity index is 2.17. The summed E-state index contributed by atoms with van der Waals surface area (Å²) in [5.41, 5.74) is 0.313. The molecule has 110 valence electrons. The molecule has 20 heavy (non-hydrogen) atoms. The number of thioether (sulfide) groups is 2. The summed E-state index contributed by atoms with van der Waals surface area (Å²) in [6.07, 6.45) is -2.62. The maximum absolute atomic E-state index is 12.9. The second-order valence-electron chi connectivity index (χ2n) is 4.25. The quantitative estimate of drug-likeness (QED) is 0.849. The van der Waals surface area contributed by atoms with Gasteiger partial charge in [-0.25, -0.2) is 13.2 Å². The predicted molar refractivity (Wildman–Crippen MR) is 78.3 cm³/mol. The van der Waals surface area contributed by atoms with Gasteiger partial charge >= 0.3 is 0 Å². The molecule has 1 heterocycles. The van der Waals surface area contributed by atoms with Crippen LogP contribution in [0.25, 0.3) is 0 Å². The van der Waals surface area contributed by atoms with E-state index in [1.165, 1.54) is 36.0 Å². The molecular formula is C13H14F3NOS2. The molecule has 1 aromatic rings. The highest BCUT2D eigenvalue weighted by Gasteiger charge is 2.29. The van der Waals surface area contributed by atoms with E-state index in [4.69, 9.17) is 0 Å². The number of rotatable bonds is 4. The van der Waals surface area contributed by atoms with Crippen LogP contribution in [0.1, 0.15) is 0 Å². The maximum atomic E-state index is 12.9. The van der Waals surface area contributed by atoms with Gasteiger partial charge in [0.1, 0.15) is 5.82 Å². The van der Waals surface area contributed by atoms with Gasteiger partial charge in [-0.1, -0.05) is 0 Å². The molecular weight excluding hydrogens is 307 g/mol. The molecule has 0 bridgehead atoms. The molecule has 0 unspecified atom stereocenters. The molecule has 0 aromatic heterocycles. The highest BCUT2D eigenvalue weighted by atomic mass is 32.2. The minimum Gasteiger partial charge on any atom is -0.306 e. The molecule has 1 amide bonds. The summed E-state index contributed by atoms with van der Waals surface area (Å²) < 4.78 is 38.3. The Bertz CT molecular complexity index is 449. The maximum Gasteiger partial charge on any atom is 0.256 e. The lowest BCUT2D eigenvalue weighted by Crippen LogP contribution is -2.42. The van der Waals surface area contributed by atoms with Gasteiger partial charge in [-0.2, -0.15) is 11.8 Å². The van der Waals surface area contributed by atoms with E-state index in [1.807, 2.05) is 0 Å². The van der Waals surface area contributed by atoms with Crippen molar-refractivity contribution in [3.05, 3.63) is 30.1 Å². The molecule has 1 fully saturated rings. The van der Waals surface area contributed by atoms with Crippen LogP contribution in [-0.4, -0.2) is 41.4 Å². The van der Waals surface area contributed by atoms with Crippen molar-refractivity contribution in [3.8, 4) is 0 Å². The van der Waals surface area contributed by atoms with Gasteiger partial charge in [-0.15, -0.1) is 11.8 Å². The Morgan fingerprint density at radius 3 is 2.55 bits per heavy atom. The van der Waals surface area contributed by atoms with Gasteiger partial charge in [-0.3, -0.25) is 4.79 Å². The third kappa shape index (κ3) is 4.09. The predicted octanol–water partition coefficient (Wildman–Crippen LogP) is 3.27. The summed E-state index contributed by atoms with van der Waals surface area (Å²) in [5.74, 6) is 1.66. The number of carbonyl (C=O) groups is 1. The Morgan fingerprint density at radius 1 is 1.30 bits per heavy atom. The number of hydrogen-bond acceptors (Lipinski definition) is 3. The Morgan fingerprint density at radius 2 is 2.00 bits per heavy atom.